The summed E-state index contributed by atoms with van der Waals surface area (Å²) in [6.45, 7) is 1.78. The van der Waals surface area contributed by atoms with Crippen molar-refractivity contribution in [1.82, 2.24) is 0 Å². The maximum Gasteiger partial charge on any atom is 0.248 e. The molecule has 0 saturated carbocycles. The first kappa shape index (κ1) is 18.5. The van der Waals surface area contributed by atoms with E-state index in [1.807, 2.05) is 6.07 Å². The molecule has 0 radical (unpaired) electrons. The number of halogens is 1. The van der Waals surface area contributed by atoms with Crippen molar-refractivity contribution >= 4 is 43.2 Å². The molecule has 0 aliphatic rings. The van der Waals surface area contributed by atoms with Crippen LogP contribution >= 0.6 is 15.9 Å². The van der Waals surface area contributed by atoms with Crippen LogP contribution in [-0.2, 0) is 14.8 Å². The average molecular weight is 411 g/mol. The van der Waals surface area contributed by atoms with Crippen LogP contribution < -0.4 is 9.62 Å². The number of hydrogen-bond donors (Lipinski definition) is 1. The minimum Gasteiger partial charge on any atom is -0.324 e. The molecule has 0 aromatic heterocycles. The lowest BCUT2D eigenvalue weighted by Gasteiger charge is -2.30. The first-order valence-electron chi connectivity index (χ1n) is 7.44. The highest BCUT2D eigenvalue weighted by molar-refractivity contribution is 9.10. The fraction of sp³-hybridized carbons (Fsp3) is 0.235. The van der Waals surface area contributed by atoms with E-state index in [2.05, 4.69) is 21.2 Å². The molecule has 7 heteroatoms. The van der Waals surface area contributed by atoms with Crippen molar-refractivity contribution < 1.29 is 13.2 Å². The summed E-state index contributed by atoms with van der Waals surface area (Å²) in [5.41, 5.74) is 1.07. The Balaban J connectivity index is 2.34. The van der Waals surface area contributed by atoms with Gasteiger partial charge in [0.2, 0.25) is 15.9 Å². The molecule has 0 spiro atoms. The Hall–Kier alpha value is -1.86. The number of rotatable bonds is 6. The largest absolute Gasteiger partial charge is 0.324 e. The third-order valence-corrected chi connectivity index (χ3v) is 5.11. The number of benzene rings is 2. The highest BCUT2D eigenvalue weighted by atomic mass is 79.9. The topological polar surface area (TPSA) is 66.5 Å². The molecule has 2 rings (SSSR count). The summed E-state index contributed by atoms with van der Waals surface area (Å²) < 4.78 is 26.6. The zero-order valence-corrected chi connectivity index (χ0v) is 15.8. The molecule has 0 bridgehead atoms. The van der Waals surface area contributed by atoms with E-state index in [0.29, 0.717) is 17.8 Å². The normalized spacial score (nSPS) is 12.5. The summed E-state index contributed by atoms with van der Waals surface area (Å²) in [7, 11) is -3.61. The SMILES string of the molecule is CC[C@H](C(=O)Nc1cccc(Br)c1)N(c1ccccc1)S(C)(=O)=O. The highest BCUT2D eigenvalue weighted by Crippen LogP contribution is 2.23. The van der Waals surface area contributed by atoms with Crippen molar-refractivity contribution in [3.8, 4) is 0 Å². The predicted octanol–water partition coefficient (Wildman–Crippen LogP) is 3.63. The van der Waals surface area contributed by atoms with Crippen LogP contribution in [0, 0.1) is 0 Å². The van der Waals surface area contributed by atoms with E-state index in [0.717, 1.165) is 10.7 Å². The Bertz CT molecular complexity index is 810. The van der Waals surface area contributed by atoms with E-state index in [-0.39, 0.29) is 5.91 Å². The Labute approximate surface area is 150 Å². The molecule has 5 nitrogen and oxygen atoms in total. The van der Waals surface area contributed by atoms with Crippen molar-refractivity contribution in [2.75, 3.05) is 15.9 Å². The third kappa shape index (κ3) is 4.58. The quantitative estimate of drug-likeness (QED) is 0.790. The third-order valence-electron chi connectivity index (χ3n) is 3.43. The Morgan fingerprint density at radius 2 is 1.83 bits per heavy atom. The van der Waals surface area contributed by atoms with Gasteiger partial charge in [0.15, 0.2) is 0 Å². The summed E-state index contributed by atoms with van der Waals surface area (Å²) >= 11 is 3.35. The lowest BCUT2D eigenvalue weighted by atomic mass is 10.2. The van der Waals surface area contributed by atoms with Crippen LogP contribution in [-0.4, -0.2) is 26.6 Å². The zero-order valence-electron chi connectivity index (χ0n) is 13.4. The molecule has 1 N–H and O–H groups in total. The summed E-state index contributed by atoms with van der Waals surface area (Å²) in [5.74, 6) is -0.370. The van der Waals surface area contributed by atoms with Crippen molar-refractivity contribution in [3.63, 3.8) is 0 Å². The molecular formula is C17H19BrN2O3S. The predicted molar refractivity (Wildman–Crippen MR) is 101 cm³/mol. The number of hydrogen-bond acceptors (Lipinski definition) is 3. The second kappa shape index (κ2) is 7.81. The number of nitrogens with one attached hydrogen (secondary N) is 1. The van der Waals surface area contributed by atoms with Gasteiger partial charge in [-0.1, -0.05) is 47.1 Å². The zero-order chi connectivity index (χ0) is 17.7. The van der Waals surface area contributed by atoms with Crippen LogP contribution in [0.2, 0.25) is 0 Å². The van der Waals surface area contributed by atoms with E-state index in [1.165, 1.54) is 4.31 Å². The Morgan fingerprint density at radius 3 is 2.38 bits per heavy atom. The Morgan fingerprint density at radius 1 is 1.17 bits per heavy atom. The average Bonchev–Trinajstić information content (AvgIpc) is 2.52. The lowest BCUT2D eigenvalue weighted by molar-refractivity contribution is -0.117. The van der Waals surface area contributed by atoms with E-state index in [9.17, 15) is 13.2 Å². The summed E-state index contributed by atoms with van der Waals surface area (Å²) in [6, 6.07) is 15.0. The van der Waals surface area contributed by atoms with Crippen LogP contribution in [0.15, 0.2) is 59.1 Å². The van der Waals surface area contributed by atoms with Gasteiger partial charge in [-0.3, -0.25) is 9.10 Å². The molecule has 0 heterocycles. The van der Waals surface area contributed by atoms with Gasteiger partial charge in [-0.2, -0.15) is 0 Å². The molecule has 0 fully saturated rings. The van der Waals surface area contributed by atoms with Gasteiger partial charge in [-0.25, -0.2) is 8.42 Å². The van der Waals surface area contributed by atoms with Gasteiger partial charge in [-0.05, 0) is 36.8 Å². The number of carbonyl (C=O) groups excluding carboxylic acids is 1. The van der Waals surface area contributed by atoms with E-state index in [4.69, 9.17) is 0 Å². The van der Waals surface area contributed by atoms with Gasteiger partial charge < -0.3 is 5.32 Å². The number of carbonyl (C=O) groups is 1. The number of sulfonamides is 1. The lowest BCUT2D eigenvalue weighted by Crippen LogP contribution is -2.46. The maximum absolute atomic E-state index is 12.7. The molecule has 2 aromatic carbocycles. The van der Waals surface area contributed by atoms with Crippen LogP contribution in [0.3, 0.4) is 0 Å². The van der Waals surface area contributed by atoms with Gasteiger partial charge >= 0.3 is 0 Å². The van der Waals surface area contributed by atoms with Crippen molar-refractivity contribution in [1.29, 1.82) is 0 Å². The first-order chi connectivity index (χ1) is 11.3. The molecule has 0 aliphatic carbocycles. The van der Waals surface area contributed by atoms with Crippen molar-refractivity contribution in [2.24, 2.45) is 0 Å². The number of nitrogens with zero attached hydrogens (tertiary/aromatic N) is 1. The monoisotopic (exact) mass is 410 g/mol. The van der Waals surface area contributed by atoms with Gasteiger partial charge in [-0.15, -0.1) is 0 Å². The van der Waals surface area contributed by atoms with Crippen LogP contribution in [0.25, 0.3) is 0 Å². The smallest absolute Gasteiger partial charge is 0.248 e. The minimum absolute atomic E-state index is 0.349. The summed E-state index contributed by atoms with van der Waals surface area (Å²) in [6.07, 6.45) is 1.46. The maximum atomic E-state index is 12.7. The minimum atomic E-state index is -3.61. The molecule has 0 saturated heterocycles. The molecule has 0 unspecified atom stereocenters. The molecule has 2 aromatic rings. The molecule has 0 aliphatic heterocycles. The number of anilines is 2. The Kier molecular flexibility index (Phi) is 6.01. The van der Waals surface area contributed by atoms with Gasteiger partial charge in [0.1, 0.15) is 6.04 Å². The van der Waals surface area contributed by atoms with E-state index >= 15 is 0 Å². The van der Waals surface area contributed by atoms with Gasteiger partial charge in [0, 0.05) is 10.2 Å². The second-order valence-corrected chi connectivity index (χ2v) is 8.09. The fourth-order valence-electron chi connectivity index (χ4n) is 2.43. The molecule has 1 amide bonds. The van der Waals surface area contributed by atoms with Gasteiger partial charge in [0.05, 0.1) is 11.9 Å². The number of para-hydroxylation sites is 1. The molecule has 24 heavy (non-hydrogen) atoms. The van der Waals surface area contributed by atoms with Crippen molar-refractivity contribution in [3.05, 3.63) is 59.1 Å². The standard InChI is InChI=1S/C17H19BrN2O3S/c1-3-16(17(21)19-14-9-7-8-13(18)12-14)20(24(2,22)23)15-10-5-4-6-11-15/h4-12,16H,3H2,1-2H3,(H,19,21)/t16-/m1/s1. The van der Waals surface area contributed by atoms with Crippen LogP contribution in [0.1, 0.15) is 13.3 Å². The van der Waals surface area contributed by atoms with Gasteiger partial charge in [0.25, 0.3) is 0 Å². The molecule has 1 atom stereocenters. The summed E-state index contributed by atoms with van der Waals surface area (Å²) in [5, 5.41) is 2.78. The fourth-order valence-corrected chi connectivity index (χ4v) is 4.04. The van der Waals surface area contributed by atoms with Crippen molar-refractivity contribution in [2.45, 2.75) is 19.4 Å². The first-order valence-corrected chi connectivity index (χ1v) is 10.1. The van der Waals surface area contributed by atoms with Crippen LogP contribution in [0.5, 0.6) is 0 Å². The van der Waals surface area contributed by atoms with E-state index < -0.39 is 16.1 Å². The summed E-state index contributed by atoms with van der Waals surface area (Å²) in [4.78, 5) is 12.7. The molecular weight excluding hydrogens is 392 g/mol. The number of amides is 1. The second-order valence-electron chi connectivity index (χ2n) is 5.32. The van der Waals surface area contributed by atoms with E-state index in [1.54, 1.807) is 55.5 Å². The van der Waals surface area contributed by atoms with Crippen LogP contribution in [0.4, 0.5) is 11.4 Å². The highest BCUT2D eigenvalue weighted by Gasteiger charge is 2.31. The molecule has 128 valence electrons.